The van der Waals surface area contributed by atoms with Gasteiger partial charge in [-0.2, -0.15) is 0 Å². The van der Waals surface area contributed by atoms with Crippen LogP contribution in [0.4, 0.5) is 4.39 Å². The fourth-order valence-corrected chi connectivity index (χ4v) is 3.40. The van der Waals surface area contributed by atoms with Crippen LogP contribution in [0.1, 0.15) is 36.5 Å². The Kier molecular flexibility index (Phi) is 6.82. The quantitative estimate of drug-likeness (QED) is 0.559. The summed E-state index contributed by atoms with van der Waals surface area (Å²) < 4.78 is 15.2. The Morgan fingerprint density at radius 2 is 1.80 bits per heavy atom. The number of imidazole rings is 1. The number of carbonyl (C=O) groups is 2. The number of fused-ring (bicyclic) bond motifs is 1. The van der Waals surface area contributed by atoms with Gasteiger partial charge in [0.05, 0.1) is 11.0 Å². The van der Waals surface area contributed by atoms with Crippen molar-refractivity contribution in [2.45, 2.75) is 39.8 Å². The second-order valence-corrected chi connectivity index (χ2v) is 7.65. The molecular formula is C23H27FN4O2. The molecule has 2 N–H and O–H groups in total. The zero-order chi connectivity index (χ0) is 21.7. The SMILES string of the molecule is Cc1nc2ccccc2n1CCCNC(=O)C(NC(=O)c1ccc(F)cc1)C(C)C. The fourth-order valence-electron chi connectivity index (χ4n) is 3.40. The third kappa shape index (κ3) is 5.03. The molecule has 3 rings (SSSR count). The van der Waals surface area contributed by atoms with E-state index < -0.39 is 17.8 Å². The van der Waals surface area contributed by atoms with Gasteiger partial charge in [-0.05, 0) is 55.7 Å². The van der Waals surface area contributed by atoms with Gasteiger partial charge in [-0.25, -0.2) is 9.37 Å². The average Bonchev–Trinajstić information content (AvgIpc) is 3.04. The van der Waals surface area contributed by atoms with Crippen molar-refractivity contribution in [3.63, 3.8) is 0 Å². The molecule has 0 bridgehead atoms. The molecule has 3 aromatic rings. The van der Waals surface area contributed by atoms with E-state index in [0.29, 0.717) is 12.1 Å². The predicted octanol–water partition coefficient (Wildman–Crippen LogP) is 3.44. The Balaban J connectivity index is 1.54. The van der Waals surface area contributed by atoms with Crippen LogP contribution in [0.3, 0.4) is 0 Å². The molecule has 0 saturated heterocycles. The normalized spacial score (nSPS) is 12.2. The zero-order valence-electron chi connectivity index (χ0n) is 17.5. The lowest BCUT2D eigenvalue weighted by Crippen LogP contribution is -2.50. The summed E-state index contributed by atoms with van der Waals surface area (Å²) in [5.41, 5.74) is 2.35. The summed E-state index contributed by atoms with van der Waals surface area (Å²) in [7, 11) is 0. The number of amides is 2. The van der Waals surface area contributed by atoms with Crippen molar-refractivity contribution >= 4 is 22.8 Å². The van der Waals surface area contributed by atoms with Crippen LogP contribution < -0.4 is 10.6 Å². The molecule has 1 unspecified atom stereocenters. The molecular weight excluding hydrogens is 383 g/mol. The van der Waals surface area contributed by atoms with Gasteiger partial charge in [0, 0.05) is 18.7 Å². The molecule has 0 saturated carbocycles. The Bertz CT molecular complexity index is 1030. The smallest absolute Gasteiger partial charge is 0.251 e. The van der Waals surface area contributed by atoms with Gasteiger partial charge < -0.3 is 15.2 Å². The Hall–Kier alpha value is -3.22. The zero-order valence-corrected chi connectivity index (χ0v) is 17.5. The highest BCUT2D eigenvalue weighted by Gasteiger charge is 2.24. The number of halogens is 1. The van der Waals surface area contributed by atoms with Crippen LogP contribution in [-0.2, 0) is 11.3 Å². The van der Waals surface area contributed by atoms with E-state index in [4.69, 9.17) is 0 Å². The van der Waals surface area contributed by atoms with E-state index in [0.717, 1.165) is 29.8 Å². The first-order chi connectivity index (χ1) is 14.4. The van der Waals surface area contributed by atoms with Crippen LogP contribution in [0.15, 0.2) is 48.5 Å². The number of nitrogens with zero attached hydrogens (tertiary/aromatic N) is 2. The van der Waals surface area contributed by atoms with Crippen LogP contribution in [0.25, 0.3) is 11.0 Å². The highest BCUT2D eigenvalue weighted by Crippen LogP contribution is 2.15. The van der Waals surface area contributed by atoms with Crippen molar-refractivity contribution in [3.05, 3.63) is 65.7 Å². The number of hydrogen-bond donors (Lipinski definition) is 2. The molecule has 1 aromatic heterocycles. The van der Waals surface area contributed by atoms with Gasteiger partial charge in [0.15, 0.2) is 0 Å². The Morgan fingerprint density at radius 3 is 2.50 bits per heavy atom. The highest BCUT2D eigenvalue weighted by atomic mass is 19.1. The summed E-state index contributed by atoms with van der Waals surface area (Å²) in [6.07, 6.45) is 0.740. The first kappa shape index (κ1) is 21.5. The van der Waals surface area contributed by atoms with Gasteiger partial charge in [-0.1, -0.05) is 26.0 Å². The van der Waals surface area contributed by atoms with Crippen molar-refractivity contribution in [2.24, 2.45) is 5.92 Å². The maximum Gasteiger partial charge on any atom is 0.251 e. The number of rotatable bonds is 8. The minimum Gasteiger partial charge on any atom is -0.354 e. The summed E-state index contributed by atoms with van der Waals surface area (Å²) in [5.74, 6) is -0.189. The lowest BCUT2D eigenvalue weighted by molar-refractivity contribution is -0.123. The molecule has 2 amide bonds. The van der Waals surface area contributed by atoms with Gasteiger partial charge in [0.1, 0.15) is 17.7 Å². The van der Waals surface area contributed by atoms with E-state index in [9.17, 15) is 14.0 Å². The van der Waals surface area contributed by atoms with E-state index in [1.54, 1.807) is 0 Å². The van der Waals surface area contributed by atoms with Gasteiger partial charge in [0.25, 0.3) is 5.91 Å². The van der Waals surface area contributed by atoms with Crippen molar-refractivity contribution < 1.29 is 14.0 Å². The Morgan fingerprint density at radius 1 is 1.10 bits per heavy atom. The summed E-state index contributed by atoms with van der Waals surface area (Å²) >= 11 is 0. The maximum atomic E-state index is 13.1. The van der Waals surface area contributed by atoms with E-state index in [2.05, 4.69) is 20.2 Å². The molecule has 158 valence electrons. The lowest BCUT2D eigenvalue weighted by Gasteiger charge is -2.22. The number of carbonyl (C=O) groups excluding carboxylic acids is 2. The number of aryl methyl sites for hydroxylation is 2. The topological polar surface area (TPSA) is 76.0 Å². The fraction of sp³-hybridized carbons (Fsp3) is 0.348. The number of hydrogen-bond acceptors (Lipinski definition) is 3. The molecule has 0 aliphatic rings. The highest BCUT2D eigenvalue weighted by molar-refractivity contribution is 5.97. The summed E-state index contributed by atoms with van der Waals surface area (Å²) in [6.45, 7) is 6.94. The van der Waals surface area contributed by atoms with Crippen molar-refractivity contribution in [1.82, 2.24) is 20.2 Å². The third-order valence-corrected chi connectivity index (χ3v) is 5.05. The van der Waals surface area contributed by atoms with Crippen molar-refractivity contribution in [2.75, 3.05) is 6.54 Å². The minimum atomic E-state index is -0.668. The molecule has 0 spiro atoms. The summed E-state index contributed by atoms with van der Waals surface area (Å²) in [5, 5.41) is 5.66. The summed E-state index contributed by atoms with van der Waals surface area (Å²) in [4.78, 5) is 29.6. The van der Waals surface area contributed by atoms with E-state index >= 15 is 0 Å². The first-order valence-electron chi connectivity index (χ1n) is 10.1. The molecule has 1 atom stereocenters. The monoisotopic (exact) mass is 410 g/mol. The van der Waals surface area contributed by atoms with E-state index in [1.165, 1.54) is 24.3 Å². The second kappa shape index (κ2) is 9.52. The molecule has 0 fully saturated rings. The van der Waals surface area contributed by atoms with Crippen molar-refractivity contribution in [3.8, 4) is 0 Å². The largest absolute Gasteiger partial charge is 0.354 e. The second-order valence-electron chi connectivity index (χ2n) is 7.65. The van der Waals surface area contributed by atoms with Gasteiger partial charge in [-0.15, -0.1) is 0 Å². The molecule has 1 heterocycles. The van der Waals surface area contributed by atoms with Crippen LogP contribution in [0.2, 0.25) is 0 Å². The number of nitrogens with one attached hydrogen (secondary N) is 2. The minimum absolute atomic E-state index is 0.0887. The standard InChI is InChI=1S/C23H27FN4O2/c1-15(2)21(27-22(29)17-9-11-18(24)12-10-17)23(30)25-13-6-14-28-16(3)26-19-7-4-5-8-20(19)28/h4-5,7-12,15,21H,6,13-14H2,1-3H3,(H,25,30)(H,27,29). The molecule has 7 heteroatoms. The molecule has 2 aromatic carbocycles. The molecule has 30 heavy (non-hydrogen) atoms. The van der Waals surface area contributed by atoms with E-state index in [1.807, 2.05) is 45.0 Å². The van der Waals surface area contributed by atoms with Crippen LogP contribution >= 0.6 is 0 Å². The summed E-state index contributed by atoms with van der Waals surface area (Å²) in [6, 6.07) is 12.5. The van der Waals surface area contributed by atoms with Crippen molar-refractivity contribution in [1.29, 1.82) is 0 Å². The average molecular weight is 410 g/mol. The van der Waals surface area contributed by atoms with E-state index in [-0.39, 0.29) is 11.8 Å². The van der Waals surface area contributed by atoms with Gasteiger partial charge in [0.2, 0.25) is 5.91 Å². The van der Waals surface area contributed by atoms with Gasteiger partial charge in [-0.3, -0.25) is 9.59 Å². The lowest BCUT2D eigenvalue weighted by atomic mass is 10.0. The number of aromatic nitrogens is 2. The molecule has 0 radical (unpaired) electrons. The third-order valence-electron chi connectivity index (χ3n) is 5.05. The van der Waals surface area contributed by atoms with Gasteiger partial charge >= 0.3 is 0 Å². The number of para-hydroxylation sites is 2. The predicted molar refractivity (Wildman–Crippen MR) is 115 cm³/mol. The maximum absolute atomic E-state index is 13.1. The molecule has 0 aliphatic carbocycles. The molecule has 0 aliphatic heterocycles. The first-order valence-corrected chi connectivity index (χ1v) is 10.1. The van der Waals surface area contributed by atoms with Crippen LogP contribution in [0, 0.1) is 18.7 Å². The Labute approximate surface area is 175 Å². The van der Waals surface area contributed by atoms with Crippen LogP contribution in [-0.4, -0.2) is 34.0 Å². The molecule has 6 nitrogen and oxygen atoms in total. The number of benzene rings is 2. The van der Waals surface area contributed by atoms with Crippen LogP contribution in [0.5, 0.6) is 0 Å².